The standard InChI is InChI=1S/C31H37N3O4S/c1-20-5-8-22(9-6-20)29(35)34(26-17-25(15-16-31(2,3)4)39-28(26)30(36)37)23-10-12-24(13-11-23)38-27-14-7-21(18-32)19-33-27/h7,14,17,19-20,22-24H,5-6,8-13H2,1-4H3,(H,36,37)/t20?,22?,23-,24-. The van der Waals surface area contributed by atoms with E-state index in [0.29, 0.717) is 40.8 Å². The van der Waals surface area contributed by atoms with Crippen LogP contribution in [0.1, 0.15) is 99.2 Å². The Hall–Kier alpha value is -3.36. The number of aromatic nitrogens is 1. The van der Waals surface area contributed by atoms with Gasteiger partial charge in [-0.1, -0.05) is 18.8 Å². The van der Waals surface area contributed by atoms with E-state index in [1.165, 1.54) is 6.20 Å². The number of carboxylic acids is 1. The van der Waals surface area contributed by atoms with Crippen LogP contribution in [-0.4, -0.2) is 34.1 Å². The van der Waals surface area contributed by atoms with Gasteiger partial charge in [-0.25, -0.2) is 9.78 Å². The summed E-state index contributed by atoms with van der Waals surface area (Å²) in [5.41, 5.74) is 0.741. The number of carboxylic acid groups (broad SMARTS) is 1. The highest BCUT2D eigenvalue weighted by Crippen LogP contribution is 2.39. The van der Waals surface area contributed by atoms with Gasteiger partial charge in [0.2, 0.25) is 11.8 Å². The summed E-state index contributed by atoms with van der Waals surface area (Å²) in [4.78, 5) is 33.3. The molecule has 1 amide bonds. The Labute approximate surface area is 235 Å². The second kappa shape index (κ2) is 12.2. The quantitative estimate of drug-likeness (QED) is 0.406. The second-order valence-electron chi connectivity index (χ2n) is 11.8. The fraction of sp³-hybridized carbons (Fsp3) is 0.548. The number of thiophene rings is 1. The summed E-state index contributed by atoms with van der Waals surface area (Å²) in [6, 6.07) is 7.14. The highest BCUT2D eigenvalue weighted by atomic mass is 32.1. The molecule has 206 valence electrons. The topological polar surface area (TPSA) is 104 Å². The molecule has 39 heavy (non-hydrogen) atoms. The first kappa shape index (κ1) is 28.6. The number of hydrogen-bond acceptors (Lipinski definition) is 6. The van der Waals surface area contributed by atoms with Gasteiger partial charge in [0.05, 0.1) is 16.1 Å². The molecular weight excluding hydrogens is 510 g/mol. The van der Waals surface area contributed by atoms with Crippen LogP contribution < -0.4 is 9.64 Å². The van der Waals surface area contributed by atoms with E-state index in [9.17, 15) is 14.7 Å². The van der Waals surface area contributed by atoms with Crippen molar-refractivity contribution in [3.63, 3.8) is 0 Å². The second-order valence-corrected chi connectivity index (χ2v) is 12.9. The van der Waals surface area contributed by atoms with Gasteiger partial charge in [-0.2, -0.15) is 5.26 Å². The van der Waals surface area contributed by atoms with Crippen LogP contribution in [0.2, 0.25) is 0 Å². The number of carbonyl (C=O) groups is 2. The number of carbonyl (C=O) groups excluding carboxylic acids is 1. The van der Waals surface area contributed by atoms with Crippen molar-refractivity contribution >= 4 is 28.9 Å². The molecule has 2 fully saturated rings. The van der Waals surface area contributed by atoms with Crippen LogP contribution in [0.5, 0.6) is 5.88 Å². The Morgan fingerprint density at radius 1 is 1.10 bits per heavy atom. The van der Waals surface area contributed by atoms with Crippen molar-refractivity contribution in [2.45, 2.75) is 91.2 Å². The first-order chi connectivity index (χ1) is 18.5. The van der Waals surface area contributed by atoms with Crippen LogP contribution in [0.25, 0.3) is 0 Å². The molecule has 0 bridgehead atoms. The number of nitriles is 1. The van der Waals surface area contributed by atoms with E-state index >= 15 is 0 Å². The summed E-state index contributed by atoms with van der Waals surface area (Å²) >= 11 is 1.15. The Kier molecular flexibility index (Phi) is 8.97. The molecule has 1 N–H and O–H groups in total. The van der Waals surface area contributed by atoms with E-state index in [-0.39, 0.29) is 34.3 Å². The lowest BCUT2D eigenvalue weighted by molar-refractivity contribution is -0.124. The van der Waals surface area contributed by atoms with Gasteiger partial charge < -0.3 is 14.7 Å². The fourth-order valence-corrected chi connectivity index (χ4v) is 6.17. The van der Waals surface area contributed by atoms with Gasteiger partial charge in [-0.3, -0.25) is 4.79 Å². The number of nitrogens with zero attached hydrogens (tertiary/aromatic N) is 3. The lowest BCUT2D eigenvalue weighted by Gasteiger charge is -2.39. The minimum Gasteiger partial charge on any atom is -0.477 e. The summed E-state index contributed by atoms with van der Waals surface area (Å²) < 4.78 is 6.07. The summed E-state index contributed by atoms with van der Waals surface area (Å²) in [5, 5.41) is 19.1. The summed E-state index contributed by atoms with van der Waals surface area (Å²) in [5.74, 6) is 6.35. The smallest absolute Gasteiger partial charge is 0.348 e. The van der Waals surface area contributed by atoms with Crippen molar-refractivity contribution < 1.29 is 19.4 Å². The van der Waals surface area contributed by atoms with Gasteiger partial charge >= 0.3 is 5.97 Å². The number of amides is 1. The lowest BCUT2D eigenvalue weighted by Crippen LogP contribution is -2.47. The van der Waals surface area contributed by atoms with Gasteiger partial charge in [-0.05, 0) is 90.2 Å². The molecule has 0 aromatic carbocycles. The van der Waals surface area contributed by atoms with Crippen molar-refractivity contribution in [2.75, 3.05) is 4.90 Å². The van der Waals surface area contributed by atoms with Crippen LogP contribution in [0.15, 0.2) is 24.4 Å². The maximum atomic E-state index is 14.1. The predicted molar refractivity (Wildman–Crippen MR) is 152 cm³/mol. The molecule has 0 unspecified atom stereocenters. The normalized spacial score (nSPS) is 23.2. The molecule has 8 heteroatoms. The predicted octanol–water partition coefficient (Wildman–Crippen LogP) is 6.66. The zero-order valence-electron chi connectivity index (χ0n) is 23.2. The van der Waals surface area contributed by atoms with Crippen LogP contribution in [0.3, 0.4) is 0 Å². The molecule has 0 aliphatic heterocycles. The maximum Gasteiger partial charge on any atom is 0.348 e. The average Bonchev–Trinajstić information content (AvgIpc) is 3.33. The van der Waals surface area contributed by atoms with E-state index in [0.717, 1.165) is 49.9 Å². The monoisotopic (exact) mass is 547 g/mol. The van der Waals surface area contributed by atoms with E-state index in [2.05, 4.69) is 29.8 Å². The number of anilines is 1. The van der Waals surface area contributed by atoms with E-state index < -0.39 is 5.97 Å². The molecule has 7 nitrogen and oxygen atoms in total. The molecule has 2 heterocycles. The van der Waals surface area contributed by atoms with Crippen molar-refractivity contribution in [3.8, 4) is 23.8 Å². The molecular formula is C31H37N3O4S. The minimum absolute atomic E-state index is 0.0376. The van der Waals surface area contributed by atoms with Crippen molar-refractivity contribution in [1.29, 1.82) is 5.26 Å². The van der Waals surface area contributed by atoms with Crippen LogP contribution in [-0.2, 0) is 4.79 Å². The molecule has 2 aliphatic carbocycles. The number of aromatic carboxylic acids is 1. The van der Waals surface area contributed by atoms with Gasteiger partial charge in [-0.15, -0.1) is 11.3 Å². The summed E-state index contributed by atoms with van der Waals surface area (Å²) in [6.45, 7) is 8.27. The largest absolute Gasteiger partial charge is 0.477 e. The van der Waals surface area contributed by atoms with Crippen LogP contribution >= 0.6 is 11.3 Å². The third-order valence-corrected chi connectivity index (χ3v) is 8.52. The van der Waals surface area contributed by atoms with Crippen molar-refractivity contribution in [3.05, 3.63) is 39.7 Å². The molecule has 0 radical (unpaired) electrons. The van der Waals surface area contributed by atoms with Gasteiger partial charge in [0.1, 0.15) is 17.1 Å². The minimum atomic E-state index is -1.03. The average molecular weight is 548 g/mol. The molecule has 2 aliphatic rings. The zero-order valence-corrected chi connectivity index (χ0v) is 24.0. The number of pyridine rings is 1. The Morgan fingerprint density at radius 2 is 1.79 bits per heavy atom. The summed E-state index contributed by atoms with van der Waals surface area (Å²) in [6.07, 6.45) is 8.00. The van der Waals surface area contributed by atoms with Crippen molar-refractivity contribution in [2.24, 2.45) is 17.3 Å². The highest BCUT2D eigenvalue weighted by Gasteiger charge is 2.37. The van der Waals surface area contributed by atoms with E-state index in [1.54, 1.807) is 23.1 Å². The van der Waals surface area contributed by atoms with Crippen LogP contribution in [0, 0.1) is 40.4 Å². The van der Waals surface area contributed by atoms with Gasteiger partial charge in [0.15, 0.2) is 0 Å². The molecule has 2 aromatic rings. The Bertz CT molecular complexity index is 1280. The van der Waals surface area contributed by atoms with Gasteiger partial charge in [0, 0.05) is 29.6 Å². The van der Waals surface area contributed by atoms with E-state index in [1.807, 2.05) is 20.8 Å². The number of hydrogen-bond donors (Lipinski definition) is 1. The third kappa shape index (κ3) is 7.40. The van der Waals surface area contributed by atoms with Gasteiger partial charge in [0.25, 0.3) is 0 Å². The van der Waals surface area contributed by atoms with Crippen molar-refractivity contribution in [1.82, 2.24) is 4.98 Å². The lowest BCUT2D eigenvalue weighted by atomic mass is 9.81. The first-order valence-corrected chi connectivity index (χ1v) is 14.6. The molecule has 4 rings (SSSR count). The SMILES string of the molecule is CC1CCC(C(=O)N(c2cc(C#CC(C)(C)C)sc2C(=O)O)[C@H]2CC[C@H](Oc3ccc(C#N)cn3)CC2)CC1. The molecule has 2 aromatic heterocycles. The summed E-state index contributed by atoms with van der Waals surface area (Å²) in [7, 11) is 0. The molecule has 0 atom stereocenters. The Balaban J connectivity index is 1.59. The first-order valence-electron chi connectivity index (χ1n) is 13.8. The molecule has 2 saturated carbocycles. The highest BCUT2D eigenvalue weighted by molar-refractivity contribution is 7.15. The van der Waals surface area contributed by atoms with Crippen LogP contribution in [0.4, 0.5) is 5.69 Å². The fourth-order valence-electron chi connectivity index (χ4n) is 5.33. The molecule has 0 spiro atoms. The zero-order chi connectivity index (χ0) is 28.2. The Morgan fingerprint density at radius 3 is 2.36 bits per heavy atom. The number of rotatable bonds is 6. The molecule has 0 saturated heterocycles. The number of ether oxygens (including phenoxy) is 1. The maximum absolute atomic E-state index is 14.1. The third-order valence-electron chi connectivity index (χ3n) is 7.49. The van der Waals surface area contributed by atoms with E-state index in [4.69, 9.17) is 10.00 Å².